The van der Waals surface area contributed by atoms with Crippen LogP contribution in [0.4, 0.5) is 5.69 Å². The SMILES string of the molecule is Cc1cnc(CNCc2ccco2)c(C)c1[N+](=O)[O-]. The molecule has 0 unspecified atom stereocenters. The van der Waals surface area contributed by atoms with Crippen molar-refractivity contribution < 1.29 is 9.34 Å². The molecule has 0 aliphatic rings. The number of nitro groups is 1. The molecular formula is C13H15N3O3. The van der Waals surface area contributed by atoms with E-state index in [4.69, 9.17) is 4.42 Å². The van der Waals surface area contributed by atoms with Crippen LogP contribution in [-0.4, -0.2) is 9.91 Å². The molecule has 6 nitrogen and oxygen atoms in total. The van der Waals surface area contributed by atoms with Crippen LogP contribution in [0.2, 0.25) is 0 Å². The number of hydrogen-bond acceptors (Lipinski definition) is 5. The average Bonchev–Trinajstić information content (AvgIpc) is 2.85. The first-order chi connectivity index (χ1) is 9.09. The molecule has 0 aliphatic carbocycles. The van der Waals surface area contributed by atoms with Gasteiger partial charge in [0.1, 0.15) is 5.76 Å². The summed E-state index contributed by atoms with van der Waals surface area (Å²) in [6.45, 7) is 4.45. The molecule has 2 aromatic heterocycles. The highest BCUT2D eigenvalue weighted by molar-refractivity contribution is 5.47. The Bertz CT molecular complexity index is 579. The second-order valence-corrected chi connectivity index (χ2v) is 4.30. The largest absolute Gasteiger partial charge is 0.468 e. The van der Waals surface area contributed by atoms with Gasteiger partial charge in [-0.1, -0.05) is 0 Å². The van der Waals surface area contributed by atoms with Crippen LogP contribution in [0.1, 0.15) is 22.6 Å². The standard InChI is InChI=1S/C13H15N3O3/c1-9-6-15-12(10(2)13(9)16(17)18)8-14-7-11-4-3-5-19-11/h3-6,14H,7-8H2,1-2H3. The molecule has 0 amide bonds. The Kier molecular flexibility index (Phi) is 3.91. The zero-order valence-corrected chi connectivity index (χ0v) is 10.8. The lowest BCUT2D eigenvalue weighted by atomic mass is 10.1. The molecule has 0 atom stereocenters. The molecule has 0 aromatic carbocycles. The maximum Gasteiger partial charge on any atom is 0.278 e. The Morgan fingerprint density at radius 2 is 2.21 bits per heavy atom. The molecule has 19 heavy (non-hydrogen) atoms. The summed E-state index contributed by atoms with van der Waals surface area (Å²) in [5, 5.41) is 14.1. The van der Waals surface area contributed by atoms with Gasteiger partial charge >= 0.3 is 0 Å². The van der Waals surface area contributed by atoms with Gasteiger partial charge in [0.05, 0.1) is 23.4 Å². The summed E-state index contributed by atoms with van der Waals surface area (Å²) in [7, 11) is 0. The average molecular weight is 261 g/mol. The fourth-order valence-corrected chi connectivity index (χ4v) is 1.94. The van der Waals surface area contributed by atoms with Gasteiger partial charge in [-0.25, -0.2) is 0 Å². The van der Waals surface area contributed by atoms with Crippen LogP contribution in [0.25, 0.3) is 0 Å². The Morgan fingerprint density at radius 3 is 2.84 bits per heavy atom. The quantitative estimate of drug-likeness (QED) is 0.660. The van der Waals surface area contributed by atoms with E-state index < -0.39 is 0 Å². The molecule has 0 bridgehead atoms. The minimum absolute atomic E-state index is 0.143. The Morgan fingerprint density at radius 1 is 1.42 bits per heavy atom. The van der Waals surface area contributed by atoms with E-state index in [2.05, 4.69) is 10.3 Å². The first-order valence-corrected chi connectivity index (χ1v) is 5.92. The maximum atomic E-state index is 11.0. The van der Waals surface area contributed by atoms with E-state index in [1.54, 1.807) is 20.1 Å². The first kappa shape index (κ1) is 13.2. The fraction of sp³-hybridized carbons (Fsp3) is 0.308. The minimum atomic E-state index is -0.359. The number of rotatable bonds is 5. The van der Waals surface area contributed by atoms with Crippen LogP contribution in [-0.2, 0) is 13.1 Å². The summed E-state index contributed by atoms with van der Waals surface area (Å²) in [4.78, 5) is 14.9. The van der Waals surface area contributed by atoms with Crippen molar-refractivity contribution in [2.45, 2.75) is 26.9 Å². The molecule has 100 valence electrons. The summed E-state index contributed by atoms with van der Waals surface area (Å²) in [6, 6.07) is 3.68. The van der Waals surface area contributed by atoms with Crippen LogP contribution >= 0.6 is 0 Å². The van der Waals surface area contributed by atoms with Crippen LogP contribution in [0.3, 0.4) is 0 Å². The lowest BCUT2D eigenvalue weighted by molar-refractivity contribution is -0.386. The highest BCUT2D eigenvalue weighted by Crippen LogP contribution is 2.23. The van der Waals surface area contributed by atoms with Gasteiger partial charge in [-0.15, -0.1) is 0 Å². The van der Waals surface area contributed by atoms with Crippen molar-refractivity contribution in [3.63, 3.8) is 0 Å². The summed E-state index contributed by atoms with van der Waals surface area (Å²) in [5.41, 5.74) is 2.02. The predicted octanol–water partition coefficient (Wildman–Crippen LogP) is 2.49. The zero-order valence-electron chi connectivity index (χ0n) is 10.8. The van der Waals surface area contributed by atoms with Gasteiger partial charge in [-0.05, 0) is 26.0 Å². The van der Waals surface area contributed by atoms with Crippen molar-refractivity contribution >= 4 is 5.69 Å². The molecule has 2 rings (SSSR count). The van der Waals surface area contributed by atoms with Crippen molar-refractivity contribution in [1.82, 2.24) is 10.3 Å². The molecule has 0 saturated carbocycles. The lowest BCUT2D eigenvalue weighted by Crippen LogP contribution is -2.15. The first-order valence-electron chi connectivity index (χ1n) is 5.92. The maximum absolute atomic E-state index is 11.0. The Hall–Kier alpha value is -2.21. The van der Waals surface area contributed by atoms with E-state index in [0.29, 0.717) is 29.9 Å². The molecular weight excluding hydrogens is 246 g/mol. The number of nitrogens with one attached hydrogen (secondary N) is 1. The van der Waals surface area contributed by atoms with Crippen LogP contribution in [0, 0.1) is 24.0 Å². The highest BCUT2D eigenvalue weighted by atomic mass is 16.6. The fourth-order valence-electron chi connectivity index (χ4n) is 1.94. The third-order valence-corrected chi connectivity index (χ3v) is 2.93. The summed E-state index contributed by atoms with van der Waals surface area (Å²) < 4.78 is 5.19. The van der Waals surface area contributed by atoms with Gasteiger partial charge in [-0.3, -0.25) is 15.1 Å². The number of aryl methyl sites for hydroxylation is 1. The molecule has 2 aromatic rings. The number of aromatic nitrogens is 1. The monoisotopic (exact) mass is 261 g/mol. The number of hydrogen-bond donors (Lipinski definition) is 1. The van der Waals surface area contributed by atoms with Gasteiger partial charge in [0.25, 0.3) is 5.69 Å². The van der Waals surface area contributed by atoms with E-state index in [-0.39, 0.29) is 10.6 Å². The van der Waals surface area contributed by atoms with Crippen molar-refractivity contribution in [3.05, 3.63) is 57.3 Å². The van der Waals surface area contributed by atoms with Crippen LogP contribution < -0.4 is 5.32 Å². The third kappa shape index (κ3) is 2.97. The second kappa shape index (κ2) is 5.62. The second-order valence-electron chi connectivity index (χ2n) is 4.30. The molecule has 1 N–H and O–H groups in total. The van der Waals surface area contributed by atoms with Crippen molar-refractivity contribution in [2.24, 2.45) is 0 Å². The van der Waals surface area contributed by atoms with Gasteiger partial charge in [-0.2, -0.15) is 0 Å². The van der Waals surface area contributed by atoms with Gasteiger partial charge in [0.2, 0.25) is 0 Å². The number of furan rings is 1. The van der Waals surface area contributed by atoms with E-state index in [1.807, 2.05) is 12.1 Å². The van der Waals surface area contributed by atoms with Crippen molar-refractivity contribution in [3.8, 4) is 0 Å². The van der Waals surface area contributed by atoms with Crippen molar-refractivity contribution in [1.29, 1.82) is 0 Å². The van der Waals surface area contributed by atoms with Crippen LogP contribution in [0.15, 0.2) is 29.0 Å². The van der Waals surface area contributed by atoms with Crippen molar-refractivity contribution in [2.75, 3.05) is 0 Å². The molecule has 0 spiro atoms. The van der Waals surface area contributed by atoms with Gasteiger partial charge in [0.15, 0.2) is 0 Å². The molecule has 0 aliphatic heterocycles. The normalized spacial score (nSPS) is 10.6. The van der Waals surface area contributed by atoms with E-state index in [0.717, 1.165) is 5.76 Å². The molecule has 6 heteroatoms. The molecule has 0 saturated heterocycles. The van der Waals surface area contributed by atoms with Gasteiger partial charge in [0, 0.05) is 23.9 Å². The highest BCUT2D eigenvalue weighted by Gasteiger charge is 2.18. The summed E-state index contributed by atoms with van der Waals surface area (Å²) in [6.07, 6.45) is 3.15. The predicted molar refractivity (Wildman–Crippen MR) is 69.6 cm³/mol. The Labute approximate surface area is 110 Å². The van der Waals surface area contributed by atoms with E-state index in [9.17, 15) is 10.1 Å². The topological polar surface area (TPSA) is 81.2 Å². The third-order valence-electron chi connectivity index (χ3n) is 2.93. The van der Waals surface area contributed by atoms with E-state index >= 15 is 0 Å². The number of nitrogens with zero attached hydrogens (tertiary/aromatic N) is 2. The molecule has 2 heterocycles. The summed E-state index contributed by atoms with van der Waals surface area (Å²) >= 11 is 0. The smallest absolute Gasteiger partial charge is 0.278 e. The molecule has 0 fully saturated rings. The number of pyridine rings is 1. The van der Waals surface area contributed by atoms with Crippen LogP contribution in [0.5, 0.6) is 0 Å². The molecule has 0 radical (unpaired) electrons. The lowest BCUT2D eigenvalue weighted by Gasteiger charge is -2.08. The minimum Gasteiger partial charge on any atom is -0.468 e. The Balaban J connectivity index is 2.08. The van der Waals surface area contributed by atoms with Gasteiger partial charge < -0.3 is 9.73 Å². The summed E-state index contributed by atoms with van der Waals surface area (Å²) in [5.74, 6) is 0.819. The van der Waals surface area contributed by atoms with E-state index in [1.165, 1.54) is 6.20 Å². The zero-order chi connectivity index (χ0) is 13.8.